The summed E-state index contributed by atoms with van der Waals surface area (Å²) >= 11 is 0. The van der Waals surface area contributed by atoms with Crippen molar-refractivity contribution < 1.29 is 0 Å². The lowest BCUT2D eigenvalue weighted by molar-refractivity contribution is 0.0213. The lowest BCUT2D eigenvalue weighted by atomic mass is 9.82. The van der Waals surface area contributed by atoms with Gasteiger partial charge in [-0.3, -0.25) is 4.90 Å². The van der Waals surface area contributed by atoms with E-state index in [0.717, 1.165) is 12.5 Å². The quantitative estimate of drug-likeness (QED) is 0.826. The highest BCUT2D eigenvalue weighted by atomic mass is 15.3. The van der Waals surface area contributed by atoms with Gasteiger partial charge in [0.1, 0.15) is 0 Å². The summed E-state index contributed by atoms with van der Waals surface area (Å²) in [5, 5.41) is 3.77. The molecule has 0 aromatic rings. The highest BCUT2D eigenvalue weighted by Crippen LogP contribution is 2.29. The third kappa shape index (κ3) is 4.24. The summed E-state index contributed by atoms with van der Waals surface area (Å²) in [5.74, 6) is 0.785. The number of piperazine rings is 1. The zero-order valence-corrected chi connectivity index (χ0v) is 13.6. The average Bonchev–Trinajstić information content (AvgIpc) is 2.25. The first-order valence-corrected chi connectivity index (χ1v) is 7.74. The summed E-state index contributed by atoms with van der Waals surface area (Å²) < 4.78 is 0. The van der Waals surface area contributed by atoms with Crippen molar-refractivity contribution in [1.82, 2.24) is 10.2 Å². The van der Waals surface area contributed by atoms with E-state index in [0.29, 0.717) is 23.5 Å². The fraction of sp³-hybridized carbons (Fsp3) is 1.00. The molecule has 2 heteroatoms. The molecular weight excluding hydrogens is 220 g/mol. The van der Waals surface area contributed by atoms with Crippen molar-refractivity contribution in [1.29, 1.82) is 0 Å². The van der Waals surface area contributed by atoms with E-state index in [1.165, 1.54) is 19.4 Å². The Balaban J connectivity index is 2.73. The molecule has 0 amide bonds. The van der Waals surface area contributed by atoms with Gasteiger partial charge in [-0.25, -0.2) is 0 Å². The van der Waals surface area contributed by atoms with Crippen LogP contribution in [0.15, 0.2) is 0 Å². The third-order valence-electron chi connectivity index (χ3n) is 4.34. The highest BCUT2D eigenvalue weighted by Gasteiger charge is 2.37. The van der Waals surface area contributed by atoms with E-state index >= 15 is 0 Å². The van der Waals surface area contributed by atoms with E-state index in [1.54, 1.807) is 0 Å². The van der Waals surface area contributed by atoms with Crippen molar-refractivity contribution in [3.63, 3.8) is 0 Å². The maximum absolute atomic E-state index is 3.77. The van der Waals surface area contributed by atoms with Gasteiger partial charge in [-0.15, -0.1) is 0 Å². The Bertz CT molecular complexity index is 242. The molecule has 3 atom stereocenters. The maximum atomic E-state index is 3.77. The van der Waals surface area contributed by atoms with Gasteiger partial charge in [0.15, 0.2) is 0 Å². The Labute approximate surface area is 115 Å². The van der Waals surface area contributed by atoms with E-state index in [9.17, 15) is 0 Å². The zero-order valence-electron chi connectivity index (χ0n) is 13.6. The minimum absolute atomic E-state index is 0.360. The normalized spacial score (nSPS) is 28.7. The predicted molar refractivity (Wildman–Crippen MR) is 80.9 cm³/mol. The Kier molecular flexibility index (Phi) is 5.67. The molecule has 1 aliphatic heterocycles. The van der Waals surface area contributed by atoms with Crippen molar-refractivity contribution in [3.05, 3.63) is 0 Å². The van der Waals surface area contributed by atoms with Gasteiger partial charge in [0, 0.05) is 31.2 Å². The molecule has 0 aromatic carbocycles. The van der Waals surface area contributed by atoms with Gasteiger partial charge in [-0.05, 0) is 31.1 Å². The summed E-state index contributed by atoms with van der Waals surface area (Å²) in [6, 6.07) is 2.04. The van der Waals surface area contributed by atoms with Crippen LogP contribution in [0.4, 0.5) is 0 Å². The topological polar surface area (TPSA) is 15.3 Å². The standard InChI is InChI=1S/C16H34N2/c1-8-13(4)18-11-14(9-12(2)3)17-10-15(18)16(5,6)7/h12-15,17H,8-11H2,1-7H3. The van der Waals surface area contributed by atoms with Gasteiger partial charge >= 0.3 is 0 Å². The van der Waals surface area contributed by atoms with Crippen LogP contribution < -0.4 is 5.32 Å². The van der Waals surface area contributed by atoms with Crippen molar-refractivity contribution in [2.75, 3.05) is 13.1 Å². The zero-order chi connectivity index (χ0) is 13.9. The van der Waals surface area contributed by atoms with Gasteiger partial charge in [0.05, 0.1) is 0 Å². The first-order chi connectivity index (χ1) is 8.25. The highest BCUT2D eigenvalue weighted by molar-refractivity contribution is 4.94. The number of hydrogen-bond acceptors (Lipinski definition) is 2. The molecule has 0 spiro atoms. The minimum atomic E-state index is 0.360. The Morgan fingerprint density at radius 3 is 2.28 bits per heavy atom. The molecule has 0 bridgehead atoms. The van der Waals surface area contributed by atoms with Crippen molar-refractivity contribution in [2.45, 2.75) is 79.4 Å². The molecule has 1 heterocycles. The molecule has 1 aliphatic rings. The van der Waals surface area contributed by atoms with Gasteiger partial charge in [-0.2, -0.15) is 0 Å². The van der Waals surface area contributed by atoms with Crippen molar-refractivity contribution in [3.8, 4) is 0 Å². The van der Waals surface area contributed by atoms with Crippen LogP contribution in [0.1, 0.15) is 61.3 Å². The molecule has 1 fully saturated rings. The Morgan fingerprint density at radius 1 is 1.22 bits per heavy atom. The van der Waals surface area contributed by atoms with Crippen LogP contribution in [-0.2, 0) is 0 Å². The maximum Gasteiger partial charge on any atom is 0.0272 e. The van der Waals surface area contributed by atoms with E-state index in [2.05, 4.69) is 58.7 Å². The summed E-state index contributed by atoms with van der Waals surface area (Å²) in [6.45, 7) is 18.8. The summed E-state index contributed by atoms with van der Waals surface area (Å²) in [4.78, 5) is 2.75. The monoisotopic (exact) mass is 254 g/mol. The molecule has 0 aromatic heterocycles. The number of nitrogens with zero attached hydrogens (tertiary/aromatic N) is 1. The number of hydrogen-bond donors (Lipinski definition) is 1. The summed E-state index contributed by atoms with van der Waals surface area (Å²) in [7, 11) is 0. The van der Waals surface area contributed by atoms with Crippen LogP contribution in [0, 0.1) is 11.3 Å². The van der Waals surface area contributed by atoms with Gasteiger partial charge in [0.2, 0.25) is 0 Å². The fourth-order valence-corrected chi connectivity index (χ4v) is 3.09. The second-order valence-electron chi connectivity index (χ2n) is 7.57. The van der Waals surface area contributed by atoms with Gasteiger partial charge in [0.25, 0.3) is 0 Å². The summed E-state index contributed by atoms with van der Waals surface area (Å²) in [6.07, 6.45) is 2.55. The second kappa shape index (κ2) is 6.38. The third-order valence-corrected chi connectivity index (χ3v) is 4.34. The Morgan fingerprint density at radius 2 is 1.83 bits per heavy atom. The van der Waals surface area contributed by atoms with E-state index < -0.39 is 0 Å². The van der Waals surface area contributed by atoms with Crippen LogP contribution in [0.25, 0.3) is 0 Å². The second-order valence-corrected chi connectivity index (χ2v) is 7.57. The van der Waals surface area contributed by atoms with Crippen molar-refractivity contribution in [2.24, 2.45) is 11.3 Å². The van der Waals surface area contributed by atoms with E-state index in [-0.39, 0.29) is 0 Å². The molecule has 0 saturated carbocycles. The average molecular weight is 254 g/mol. The van der Waals surface area contributed by atoms with Crippen LogP contribution >= 0.6 is 0 Å². The molecular formula is C16H34N2. The Hall–Kier alpha value is -0.0800. The van der Waals surface area contributed by atoms with E-state index in [4.69, 9.17) is 0 Å². The van der Waals surface area contributed by atoms with E-state index in [1.807, 2.05) is 0 Å². The van der Waals surface area contributed by atoms with Crippen LogP contribution in [0.5, 0.6) is 0 Å². The van der Waals surface area contributed by atoms with Gasteiger partial charge < -0.3 is 5.32 Å². The van der Waals surface area contributed by atoms with Crippen molar-refractivity contribution >= 4 is 0 Å². The molecule has 0 radical (unpaired) electrons. The van der Waals surface area contributed by atoms with Crippen LogP contribution in [-0.4, -0.2) is 36.1 Å². The van der Waals surface area contributed by atoms with Crippen LogP contribution in [0.3, 0.4) is 0 Å². The SMILES string of the molecule is CCC(C)N1CC(CC(C)C)NCC1C(C)(C)C. The molecule has 108 valence electrons. The molecule has 3 unspecified atom stereocenters. The first kappa shape index (κ1) is 16.0. The molecule has 0 aliphatic carbocycles. The predicted octanol–water partition coefficient (Wildman–Crippen LogP) is 3.52. The molecule has 2 nitrogen and oxygen atoms in total. The lowest BCUT2D eigenvalue weighted by Gasteiger charge is -2.49. The first-order valence-electron chi connectivity index (χ1n) is 7.74. The fourth-order valence-electron chi connectivity index (χ4n) is 3.09. The number of rotatable bonds is 4. The molecule has 1 saturated heterocycles. The van der Waals surface area contributed by atoms with Gasteiger partial charge in [-0.1, -0.05) is 41.5 Å². The number of nitrogens with one attached hydrogen (secondary N) is 1. The lowest BCUT2D eigenvalue weighted by Crippen LogP contribution is -2.62. The van der Waals surface area contributed by atoms with Crippen LogP contribution in [0.2, 0.25) is 0 Å². The summed E-state index contributed by atoms with van der Waals surface area (Å²) in [5.41, 5.74) is 0.360. The largest absolute Gasteiger partial charge is 0.311 e. The molecule has 1 N–H and O–H groups in total. The molecule has 18 heavy (non-hydrogen) atoms. The smallest absolute Gasteiger partial charge is 0.0272 e. The molecule has 1 rings (SSSR count). The minimum Gasteiger partial charge on any atom is -0.311 e.